The van der Waals surface area contributed by atoms with E-state index >= 15 is 0 Å². The highest BCUT2D eigenvalue weighted by Crippen LogP contribution is 2.29. The Hall–Kier alpha value is -3.09. The van der Waals surface area contributed by atoms with Crippen molar-refractivity contribution in [2.24, 2.45) is 0 Å². The Morgan fingerprint density at radius 3 is 2.34 bits per heavy atom. The summed E-state index contributed by atoms with van der Waals surface area (Å²) in [6.07, 6.45) is 0.848. The van der Waals surface area contributed by atoms with E-state index in [4.69, 9.17) is 14.2 Å². The van der Waals surface area contributed by atoms with E-state index in [1.165, 1.54) is 6.92 Å². The summed E-state index contributed by atoms with van der Waals surface area (Å²) in [5, 5.41) is 0. The Kier molecular flexibility index (Phi) is 7.59. The molecule has 0 aliphatic carbocycles. The number of ether oxygens (including phenoxy) is 3. The van der Waals surface area contributed by atoms with Crippen molar-refractivity contribution in [1.29, 1.82) is 0 Å². The molecule has 7 heteroatoms. The summed E-state index contributed by atoms with van der Waals surface area (Å²) in [6, 6.07) is 4.76. The van der Waals surface area contributed by atoms with Crippen molar-refractivity contribution < 1.29 is 28.6 Å². The van der Waals surface area contributed by atoms with Crippen molar-refractivity contribution in [2.45, 2.75) is 41.0 Å². The molecule has 2 rings (SSSR count). The highest BCUT2D eigenvalue weighted by molar-refractivity contribution is 6.04. The summed E-state index contributed by atoms with van der Waals surface area (Å²) in [6.45, 7) is 9.22. The van der Waals surface area contributed by atoms with Gasteiger partial charge in [-0.25, -0.2) is 4.79 Å². The summed E-state index contributed by atoms with van der Waals surface area (Å²) < 4.78 is 16.3. The fourth-order valence-electron chi connectivity index (χ4n) is 3.08. The molecule has 0 unspecified atom stereocenters. The van der Waals surface area contributed by atoms with Gasteiger partial charge in [-0.3, -0.25) is 9.59 Å². The number of hydrogen-bond donors (Lipinski definition) is 1. The van der Waals surface area contributed by atoms with Crippen LogP contribution in [-0.2, 0) is 4.74 Å². The number of carbonyl (C=O) groups excluding carboxylic acids is 3. The topological polar surface area (TPSA) is 94.7 Å². The maximum atomic E-state index is 12.5. The van der Waals surface area contributed by atoms with Crippen molar-refractivity contribution in [3.05, 3.63) is 46.3 Å². The molecule has 0 saturated heterocycles. The average Bonchev–Trinajstić information content (AvgIpc) is 2.99. The Balaban J connectivity index is 2.10. The van der Waals surface area contributed by atoms with Gasteiger partial charge in [-0.1, -0.05) is 6.92 Å². The first-order valence-electron chi connectivity index (χ1n) is 9.60. The summed E-state index contributed by atoms with van der Waals surface area (Å²) in [5.74, 6) is -0.172. The van der Waals surface area contributed by atoms with Gasteiger partial charge in [0, 0.05) is 11.3 Å². The van der Waals surface area contributed by atoms with Crippen LogP contribution in [0.15, 0.2) is 18.2 Å². The number of esters is 1. The minimum Gasteiger partial charge on any atom is -0.490 e. The van der Waals surface area contributed by atoms with Crippen LogP contribution in [-0.4, -0.2) is 42.3 Å². The summed E-state index contributed by atoms with van der Waals surface area (Å²) in [4.78, 5) is 39.5. The minimum atomic E-state index is -0.644. The molecule has 1 aromatic heterocycles. The summed E-state index contributed by atoms with van der Waals surface area (Å²) >= 11 is 0. The fraction of sp³-hybridized carbons (Fsp3) is 0.409. The second-order valence-corrected chi connectivity index (χ2v) is 6.62. The number of benzene rings is 1. The molecule has 0 aliphatic heterocycles. The molecule has 0 aliphatic rings. The Bertz CT molecular complexity index is 912. The van der Waals surface area contributed by atoms with E-state index in [1.54, 1.807) is 32.0 Å². The van der Waals surface area contributed by atoms with Crippen LogP contribution >= 0.6 is 0 Å². The molecule has 1 N–H and O–H groups in total. The van der Waals surface area contributed by atoms with Crippen LogP contribution in [0.1, 0.15) is 69.7 Å². The zero-order valence-corrected chi connectivity index (χ0v) is 17.5. The van der Waals surface area contributed by atoms with Crippen molar-refractivity contribution in [3.8, 4) is 11.5 Å². The third-order valence-corrected chi connectivity index (χ3v) is 4.34. The molecule has 0 radical (unpaired) electrons. The molecule has 0 atom stereocenters. The van der Waals surface area contributed by atoms with Gasteiger partial charge in [0.2, 0.25) is 5.78 Å². The fourth-order valence-corrected chi connectivity index (χ4v) is 3.08. The minimum absolute atomic E-state index is 0.124. The lowest BCUT2D eigenvalue weighted by Gasteiger charge is -2.12. The second-order valence-electron chi connectivity index (χ2n) is 6.62. The molecular formula is C22H27NO6. The first-order chi connectivity index (χ1) is 13.8. The number of aromatic nitrogens is 1. The molecule has 1 heterocycles. The lowest BCUT2D eigenvalue weighted by atomic mass is 10.1. The van der Waals surface area contributed by atoms with Gasteiger partial charge in [0.25, 0.3) is 0 Å². The number of hydrogen-bond acceptors (Lipinski definition) is 6. The predicted molar refractivity (Wildman–Crippen MR) is 108 cm³/mol. The van der Waals surface area contributed by atoms with Gasteiger partial charge in [-0.2, -0.15) is 0 Å². The normalized spacial score (nSPS) is 10.5. The maximum absolute atomic E-state index is 12.5. The highest BCUT2D eigenvalue weighted by Gasteiger charge is 2.21. The van der Waals surface area contributed by atoms with Gasteiger partial charge >= 0.3 is 5.97 Å². The van der Waals surface area contributed by atoms with E-state index in [0.717, 1.165) is 6.42 Å². The predicted octanol–water partition coefficient (Wildman–Crippen LogP) is 4.06. The number of nitrogens with one attached hydrogen (secondary N) is 1. The van der Waals surface area contributed by atoms with Crippen LogP contribution in [0.5, 0.6) is 11.5 Å². The van der Waals surface area contributed by atoms with E-state index in [9.17, 15) is 14.4 Å². The van der Waals surface area contributed by atoms with Crippen LogP contribution < -0.4 is 9.47 Å². The molecule has 2 aromatic rings. The average molecular weight is 401 g/mol. The third kappa shape index (κ3) is 5.25. The Morgan fingerprint density at radius 2 is 1.76 bits per heavy atom. The summed E-state index contributed by atoms with van der Waals surface area (Å²) in [5.41, 5.74) is 2.21. The van der Waals surface area contributed by atoms with E-state index in [0.29, 0.717) is 41.5 Å². The van der Waals surface area contributed by atoms with Gasteiger partial charge in [-0.05, 0) is 57.9 Å². The lowest BCUT2D eigenvalue weighted by Crippen LogP contribution is -2.15. The standard InChI is InChI=1S/C22H27NO6/c1-6-10-28-18-9-8-16(11-19(18)27-7-2)22(26)29-12-17(25)21-13(3)20(15(5)24)14(4)23-21/h8-9,11,23H,6-7,10,12H2,1-5H3. The van der Waals surface area contributed by atoms with E-state index in [2.05, 4.69) is 4.98 Å². The highest BCUT2D eigenvalue weighted by atomic mass is 16.5. The molecular weight excluding hydrogens is 374 g/mol. The quantitative estimate of drug-likeness (QED) is 0.476. The monoisotopic (exact) mass is 401 g/mol. The SMILES string of the molecule is CCCOc1ccc(C(=O)OCC(=O)c2[nH]c(C)c(C(C)=O)c2C)cc1OCC. The van der Waals surface area contributed by atoms with Crippen molar-refractivity contribution >= 4 is 17.5 Å². The van der Waals surface area contributed by atoms with Crippen LogP contribution in [0.2, 0.25) is 0 Å². The largest absolute Gasteiger partial charge is 0.490 e. The van der Waals surface area contributed by atoms with Gasteiger partial charge < -0.3 is 19.2 Å². The van der Waals surface area contributed by atoms with E-state index < -0.39 is 18.4 Å². The molecule has 0 amide bonds. The first kappa shape index (κ1) is 22.2. The van der Waals surface area contributed by atoms with Crippen molar-refractivity contribution in [2.75, 3.05) is 19.8 Å². The van der Waals surface area contributed by atoms with Gasteiger partial charge in [0.1, 0.15) is 0 Å². The molecule has 0 saturated carbocycles. The number of aryl methyl sites for hydroxylation is 1. The van der Waals surface area contributed by atoms with Crippen LogP contribution in [0, 0.1) is 13.8 Å². The van der Waals surface area contributed by atoms with E-state index in [1.807, 2.05) is 13.8 Å². The number of H-pyrrole nitrogens is 1. The molecule has 156 valence electrons. The molecule has 29 heavy (non-hydrogen) atoms. The van der Waals surface area contributed by atoms with Gasteiger partial charge in [-0.15, -0.1) is 0 Å². The number of carbonyl (C=O) groups is 3. The zero-order chi connectivity index (χ0) is 21.6. The van der Waals surface area contributed by atoms with Crippen molar-refractivity contribution in [1.82, 2.24) is 4.98 Å². The van der Waals surface area contributed by atoms with E-state index in [-0.39, 0.29) is 17.0 Å². The van der Waals surface area contributed by atoms with Crippen LogP contribution in [0.25, 0.3) is 0 Å². The summed E-state index contributed by atoms with van der Waals surface area (Å²) in [7, 11) is 0. The van der Waals surface area contributed by atoms with Crippen molar-refractivity contribution in [3.63, 3.8) is 0 Å². The first-order valence-corrected chi connectivity index (χ1v) is 9.60. The maximum Gasteiger partial charge on any atom is 0.338 e. The number of ketones is 2. The molecule has 0 spiro atoms. The molecule has 1 aromatic carbocycles. The lowest BCUT2D eigenvalue weighted by molar-refractivity contribution is 0.0473. The van der Waals surface area contributed by atoms with Crippen LogP contribution in [0.3, 0.4) is 0 Å². The number of Topliss-reactive ketones (excluding diaryl/α,β-unsaturated/α-hetero) is 2. The van der Waals surface area contributed by atoms with Gasteiger partial charge in [0.05, 0.1) is 24.5 Å². The van der Waals surface area contributed by atoms with Crippen LogP contribution in [0.4, 0.5) is 0 Å². The molecule has 7 nitrogen and oxygen atoms in total. The zero-order valence-electron chi connectivity index (χ0n) is 17.5. The smallest absolute Gasteiger partial charge is 0.338 e. The molecule has 0 fully saturated rings. The number of rotatable bonds is 10. The molecule has 0 bridgehead atoms. The second kappa shape index (κ2) is 9.91. The number of aromatic amines is 1. The van der Waals surface area contributed by atoms with Gasteiger partial charge in [0.15, 0.2) is 23.9 Å². The Morgan fingerprint density at radius 1 is 1.03 bits per heavy atom. The Labute approximate surface area is 170 Å². The third-order valence-electron chi connectivity index (χ3n) is 4.34.